The molecule has 0 bridgehead atoms. The summed E-state index contributed by atoms with van der Waals surface area (Å²) >= 11 is 3.34. The molecule has 0 aliphatic rings. The minimum absolute atomic E-state index is 0.283. The molecule has 0 aliphatic carbocycles. The Kier molecular flexibility index (Phi) is 4.83. The normalized spacial score (nSPS) is 10.9. The third-order valence-electron chi connectivity index (χ3n) is 2.48. The zero-order valence-electron chi connectivity index (χ0n) is 10.2. The van der Waals surface area contributed by atoms with Gasteiger partial charge in [0.2, 0.25) is 0 Å². The maximum absolute atomic E-state index is 8.87. The number of ether oxygens (including phenoxy) is 1. The number of halogens is 1. The fraction of sp³-hybridized carbons (Fsp3) is 0.462. The van der Waals surface area contributed by atoms with Crippen LogP contribution in [0.25, 0.3) is 0 Å². The quantitative estimate of drug-likeness (QED) is 0.665. The zero-order valence-corrected chi connectivity index (χ0v) is 11.8. The van der Waals surface area contributed by atoms with E-state index in [9.17, 15) is 0 Å². The maximum Gasteiger partial charge on any atom is 0.142 e. The van der Waals surface area contributed by atoms with Gasteiger partial charge in [-0.15, -0.1) is 0 Å². The molecular formula is C13H17BrN2O. The summed E-state index contributed by atoms with van der Waals surface area (Å²) in [6.07, 6.45) is 1.66. The van der Waals surface area contributed by atoms with Crippen LogP contribution in [0.15, 0.2) is 22.7 Å². The number of benzene rings is 1. The van der Waals surface area contributed by atoms with Gasteiger partial charge in [-0.1, -0.05) is 15.9 Å². The van der Waals surface area contributed by atoms with Crippen LogP contribution in [0.2, 0.25) is 0 Å². The van der Waals surface area contributed by atoms with Crippen molar-refractivity contribution in [2.24, 2.45) is 5.41 Å². The lowest BCUT2D eigenvalue weighted by Crippen LogP contribution is -2.10. The Hall–Kier alpha value is -1.21. The Morgan fingerprint density at radius 2 is 2.18 bits per heavy atom. The van der Waals surface area contributed by atoms with Crippen molar-refractivity contribution in [1.82, 2.24) is 0 Å². The first-order valence-corrected chi connectivity index (χ1v) is 6.33. The summed E-state index contributed by atoms with van der Waals surface area (Å²) in [5, 5.41) is 8.87. The second kappa shape index (κ2) is 5.92. The largest absolute Gasteiger partial charge is 0.491 e. The first-order valence-electron chi connectivity index (χ1n) is 5.54. The molecule has 0 radical (unpaired) electrons. The number of nitriles is 1. The highest BCUT2D eigenvalue weighted by atomic mass is 79.9. The van der Waals surface area contributed by atoms with Gasteiger partial charge in [-0.05, 0) is 44.9 Å². The third kappa shape index (κ3) is 4.66. The number of nitrogen functional groups attached to an aromatic ring is 1. The van der Waals surface area contributed by atoms with Crippen LogP contribution in [0.3, 0.4) is 0 Å². The minimum atomic E-state index is -0.283. The highest BCUT2D eigenvalue weighted by Gasteiger charge is 2.15. The molecular weight excluding hydrogens is 280 g/mol. The van der Waals surface area contributed by atoms with Gasteiger partial charge in [0.25, 0.3) is 0 Å². The first-order chi connectivity index (χ1) is 7.94. The van der Waals surface area contributed by atoms with Crippen molar-refractivity contribution < 1.29 is 4.74 Å². The number of rotatable bonds is 5. The third-order valence-corrected chi connectivity index (χ3v) is 2.97. The van der Waals surface area contributed by atoms with E-state index in [1.54, 1.807) is 0 Å². The van der Waals surface area contributed by atoms with Gasteiger partial charge in [0.15, 0.2) is 0 Å². The number of hydrogen-bond acceptors (Lipinski definition) is 3. The molecule has 17 heavy (non-hydrogen) atoms. The first kappa shape index (κ1) is 13.9. The molecule has 0 saturated carbocycles. The second-order valence-electron chi connectivity index (χ2n) is 4.63. The molecule has 1 aromatic carbocycles. The van der Waals surface area contributed by atoms with E-state index >= 15 is 0 Å². The lowest BCUT2D eigenvalue weighted by Gasteiger charge is -2.15. The zero-order chi connectivity index (χ0) is 12.9. The average Bonchev–Trinajstić information content (AvgIpc) is 2.27. The standard InChI is InChI=1S/C13H17BrN2O/c1-13(2,9-15)6-3-7-17-12-5-4-10(14)8-11(12)16/h4-5,8H,3,6-7,16H2,1-2H3. The molecule has 0 heterocycles. The molecule has 0 fully saturated rings. The van der Waals surface area contributed by atoms with Crippen LogP contribution in [-0.4, -0.2) is 6.61 Å². The summed E-state index contributed by atoms with van der Waals surface area (Å²) in [6, 6.07) is 7.82. The van der Waals surface area contributed by atoms with E-state index < -0.39 is 0 Å². The monoisotopic (exact) mass is 296 g/mol. The number of nitrogens with two attached hydrogens (primary N) is 1. The Morgan fingerprint density at radius 1 is 1.47 bits per heavy atom. The van der Waals surface area contributed by atoms with E-state index in [1.807, 2.05) is 32.0 Å². The number of nitrogens with zero attached hydrogens (tertiary/aromatic N) is 1. The molecule has 0 amide bonds. The molecule has 0 unspecified atom stereocenters. The minimum Gasteiger partial charge on any atom is -0.491 e. The summed E-state index contributed by atoms with van der Waals surface area (Å²) in [6.45, 7) is 4.44. The predicted octanol–water partition coefficient (Wildman–Crippen LogP) is 3.74. The molecule has 1 aromatic rings. The molecule has 3 nitrogen and oxygen atoms in total. The van der Waals surface area contributed by atoms with E-state index in [4.69, 9.17) is 15.7 Å². The Labute approximate surface area is 111 Å². The Bertz CT molecular complexity index is 424. The SMILES string of the molecule is CC(C)(C#N)CCCOc1ccc(Br)cc1N. The second-order valence-corrected chi connectivity index (χ2v) is 5.55. The van der Waals surface area contributed by atoms with Crippen LogP contribution in [0, 0.1) is 16.7 Å². The van der Waals surface area contributed by atoms with Gasteiger partial charge >= 0.3 is 0 Å². The molecule has 2 N–H and O–H groups in total. The summed E-state index contributed by atoms with van der Waals surface area (Å²) in [7, 11) is 0. The van der Waals surface area contributed by atoms with Crippen molar-refractivity contribution in [3.05, 3.63) is 22.7 Å². The molecule has 92 valence electrons. The topological polar surface area (TPSA) is 59.0 Å². The molecule has 0 aliphatic heterocycles. The highest BCUT2D eigenvalue weighted by Crippen LogP contribution is 2.26. The van der Waals surface area contributed by atoms with Crippen molar-refractivity contribution in [2.75, 3.05) is 12.3 Å². The summed E-state index contributed by atoms with van der Waals surface area (Å²) in [5.74, 6) is 0.697. The number of hydrogen-bond donors (Lipinski definition) is 1. The van der Waals surface area contributed by atoms with Gasteiger partial charge in [0.05, 0.1) is 23.8 Å². The van der Waals surface area contributed by atoms with Crippen molar-refractivity contribution >= 4 is 21.6 Å². The average molecular weight is 297 g/mol. The molecule has 0 aromatic heterocycles. The summed E-state index contributed by atoms with van der Waals surface area (Å²) < 4.78 is 6.51. The molecule has 0 atom stereocenters. The smallest absolute Gasteiger partial charge is 0.142 e. The number of anilines is 1. The summed E-state index contributed by atoms with van der Waals surface area (Å²) in [5.41, 5.74) is 6.15. The van der Waals surface area contributed by atoms with Crippen molar-refractivity contribution in [3.63, 3.8) is 0 Å². The van der Waals surface area contributed by atoms with Crippen molar-refractivity contribution in [2.45, 2.75) is 26.7 Å². The molecule has 0 saturated heterocycles. The van der Waals surface area contributed by atoms with E-state index in [1.165, 1.54) is 0 Å². The molecule has 4 heteroatoms. The van der Waals surface area contributed by atoms with Crippen molar-refractivity contribution in [3.8, 4) is 11.8 Å². The van der Waals surface area contributed by atoms with E-state index in [2.05, 4.69) is 22.0 Å². The van der Waals surface area contributed by atoms with Crippen molar-refractivity contribution in [1.29, 1.82) is 5.26 Å². The Morgan fingerprint density at radius 3 is 2.76 bits per heavy atom. The van der Waals surface area contributed by atoms with E-state index in [-0.39, 0.29) is 5.41 Å². The van der Waals surface area contributed by atoms with E-state index in [0.29, 0.717) is 18.0 Å². The van der Waals surface area contributed by atoms with Gasteiger partial charge in [-0.3, -0.25) is 0 Å². The van der Waals surface area contributed by atoms with Gasteiger partial charge in [0, 0.05) is 4.47 Å². The van der Waals surface area contributed by atoms with Gasteiger partial charge in [-0.2, -0.15) is 5.26 Å². The Balaban J connectivity index is 2.39. The van der Waals surface area contributed by atoms with Crippen LogP contribution in [0.5, 0.6) is 5.75 Å². The lowest BCUT2D eigenvalue weighted by molar-refractivity contribution is 0.285. The fourth-order valence-electron chi connectivity index (χ4n) is 1.40. The van der Waals surface area contributed by atoms with Gasteiger partial charge in [0.1, 0.15) is 5.75 Å². The van der Waals surface area contributed by atoms with Crippen LogP contribution in [-0.2, 0) is 0 Å². The van der Waals surface area contributed by atoms with Crippen LogP contribution in [0.1, 0.15) is 26.7 Å². The van der Waals surface area contributed by atoms with Crippen LogP contribution in [0.4, 0.5) is 5.69 Å². The maximum atomic E-state index is 8.87. The molecule has 0 spiro atoms. The molecule has 1 rings (SSSR count). The van der Waals surface area contributed by atoms with Gasteiger partial charge < -0.3 is 10.5 Å². The lowest BCUT2D eigenvalue weighted by atomic mass is 9.90. The predicted molar refractivity (Wildman–Crippen MR) is 72.7 cm³/mol. The van der Waals surface area contributed by atoms with Gasteiger partial charge in [-0.25, -0.2) is 0 Å². The van der Waals surface area contributed by atoms with Crippen LogP contribution < -0.4 is 10.5 Å². The van der Waals surface area contributed by atoms with Crippen LogP contribution >= 0.6 is 15.9 Å². The fourth-order valence-corrected chi connectivity index (χ4v) is 1.78. The summed E-state index contributed by atoms with van der Waals surface area (Å²) in [4.78, 5) is 0. The highest BCUT2D eigenvalue weighted by molar-refractivity contribution is 9.10. The van der Waals surface area contributed by atoms with E-state index in [0.717, 1.165) is 17.3 Å².